The molecule has 0 unspecified atom stereocenters. The lowest BCUT2D eigenvalue weighted by Crippen LogP contribution is -2.09. The van der Waals surface area contributed by atoms with Crippen LogP contribution in [0.3, 0.4) is 0 Å². The monoisotopic (exact) mass is 257 g/mol. The van der Waals surface area contributed by atoms with E-state index in [1.807, 2.05) is 0 Å². The number of hydrogen-bond donors (Lipinski definition) is 1. The molecule has 0 radical (unpaired) electrons. The van der Waals surface area contributed by atoms with Crippen LogP contribution in [0.15, 0.2) is 6.07 Å². The Morgan fingerprint density at radius 3 is 3.00 bits per heavy atom. The Morgan fingerprint density at radius 2 is 2.35 bits per heavy atom. The zero-order chi connectivity index (χ0) is 12.4. The third kappa shape index (κ3) is 2.03. The Bertz CT molecular complexity index is 461. The summed E-state index contributed by atoms with van der Waals surface area (Å²) >= 11 is 6.09. The number of fused-ring (bicyclic) bond motifs is 1. The van der Waals surface area contributed by atoms with Crippen molar-refractivity contribution in [1.29, 1.82) is 0 Å². The molecular weight excluding hydrogens is 246 g/mol. The van der Waals surface area contributed by atoms with Crippen LogP contribution in [0.25, 0.3) is 0 Å². The summed E-state index contributed by atoms with van der Waals surface area (Å²) in [6, 6.07) is 1.57. The second-order valence-corrected chi connectivity index (χ2v) is 3.84. The lowest BCUT2D eigenvalue weighted by Gasteiger charge is -2.11. The number of nitrogens with two attached hydrogens (primary N) is 1. The van der Waals surface area contributed by atoms with Crippen molar-refractivity contribution in [2.24, 2.45) is 5.73 Å². The molecule has 0 atom stereocenters. The van der Waals surface area contributed by atoms with Gasteiger partial charge in [0.1, 0.15) is 5.02 Å². The Kier molecular flexibility index (Phi) is 3.40. The maximum Gasteiger partial charge on any atom is 0.231 e. The molecule has 0 aromatic heterocycles. The van der Waals surface area contributed by atoms with Crippen LogP contribution < -0.4 is 19.9 Å². The van der Waals surface area contributed by atoms with Crippen molar-refractivity contribution >= 4 is 17.4 Å². The number of carbonyl (C=O) groups is 1. The highest BCUT2D eigenvalue weighted by Gasteiger charge is 2.26. The normalized spacial score (nSPS) is 12.6. The van der Waals surface area contributed by atoms with E-state index in [-0.39, 0.29) is 30.6 Å². The van der Waals surface area contributed by atoms with Crippen molar-refractivity contribution in [3.63, 3.8) is 0 Å². The molecule has 0 aliphatic carbocycles. The van der Waals surface area contributed by atoms with Gasteiger partial charge in [-0.2, -0.15) is 0 Å². The maximum atomic E-state index is 11.9. The van der Waals surface area contributed by atoms with Crippen LogP contribution in [0.2, 0.25) is 5.02 Å². The topological polar surface area (TPSA) is 70.8 Å². The minimum absolute atomic E-state index is 0.0900. The fourth-order valence-corrected chi connectivity index (χ4v) is 1.98. The van der Waals surface area contributed by atoms with Crippen molar-refractivity contribution in [1.82, 2.24) is 0 Å². The van der Waals surface area contributed by atoms with Crippen LogP contribution in [-0.2, 0) is 0 Å². The predicted molar refractivity (Wildman–Crippen MR) is 62.1 cm³/mol. The SMILES string of the molecule is COc1c(C(=O)CCN)cc2c(c1Cl)OCO2. The number of ketones is 1. The molecule has 17 heavy (non-hydrogen) atoms. The van der Waals surface area contributed by atoms with Gasteiger partial charge in [-0.25, -0.2) is 0 Å². The lowest BCUT2D eigenvalue weighted by molar-refractivity contribution is 0.0982. The van der Waals surface area contributed by atoms with Gasteiger partial charge in [0.15, 0.2) is 23.0 Å². The number of hydrogen-bond acceptors (Lipinski definition) is 5. The third-order valence-corrected chi connectivity index (χ3v) is 2.78. The lowest BCUT2D eigenvalue weighted by atomic mass is 10.1. The molecule has 2 rings (SSSR count). The Balaban J connectivity index is 2.51. The highest BCUT2D eigenvalue weighted by atomic mass is 35.5. The first-order valence-electron chi connectivity index (χ1n) is 5.08. The van der Waals surface area contributed by atoms with E-state index in [1.165, 1.54) is 7.11 Å². The summed E-state index contributed by atoms with van der Waals surface area (Å²) in [4.78, 5) is 11.9. The van der Waals surface area contributed by atoms with E-state index in [1.54, 1.807) is 6.07 Å². The van der Waals surface area contributed by atoms with Crippen LogP contribution in [0.1, 0.15) is 16.8 Å². The molecule has 0 saturated carbocycles. The van der Waals surface area contributed by atoms with Gasteiger partial charge in [0, 0.05) is 6.42 Å². The molecule has 0 spiro atoms. The number of rotatable bonds is 4. The zero-order valence-corrected chi connectivity index (χ0v) is 10.0. The maximum absolute atomic E-state index is 11.9. The molecule has 92 valence electrons. The first-order chi connectivity index (χ1) is 8.19. The molecule has 0 amide bonds. The van der Waals surface area contributed by atoms with Gasteiger partial charge in [0.25, 0.3) is 0 Å². The number of methoxy groups -OCH3 is 1. The van der Waals surface area contributed by atoms with Crippen molar-refractivity contribution in [3.05, 3.63) is 16.7 Å². The first-order valence-corrected chi connectivity index (χ1v) is 5.46. The van der Waals surface area contributed by atoms with Gasteiger partial charge in [0.05, 0.1) is 12.7 Å². The third-order valence-electron chi connectivity index (χ3n) is 2.44. The molecule has 5 nitrogen and oxygen atoms in total. The van der Waals surface area contributed by atoms with E-state index >= 15 is 0 Å². The smallest absolute Gasteiger partial charge is 0.231 e. The average molecular weight is 258 g/mol. The van der Waals surface area contributed by atoms with Crippen LogP contribution in [0, 0.1) is 0 Å². The molecule has 1 aromatic rings. The molecule has 1 aromatic carbocycles. The summed E-state index contributed by atoms with van der Waals surface area (Å²) in [5.74, 6) is 1.03. The summed E-state index contributed by atoms with van der Waals surface area (Å²) in [5, 5.41) is 0.253. The molecule has 0 saturated heterocycles. The van der Waals surface area contributed by atoms with Gasteiger partial charge in [-0.1, -0.05) is 11.6 Å². The molecular formula is C11H12ClNO4. The van der Waals surface area contributed by atoms with Crippen LogP contribution >= 0.6 is 11.6 Å². The highest BCUT2D eigenvalue weighted by Crippen LogP contribution is 2.46. The van der Waals surface area contributed by atoms with E-state index < -0.39 is 0 Å². The summed E-state index contributed by atoms with van der Waals surface area (Å²) in [6.07, 6.45) is 0.229. The summed E-state index contributed by atoms with van der Waals surface area (Å²) < 4.78 is 15.5. The molecule has 0 fully saturated rings. The summed E-state index contributed by atoms with van der Waals surface area (Å²) in [6.45, 7) is 0.362. The average Bonchev–Trinajstić information content (AvgIpc) is 2.77. The predicted octanol–water partition coefficient (Wildman–Crippen LogP) is 1.61. The summed E-state index contributed by atoms with van der Waals surface area (Å²) in [5.41, 5.74) is 5.73. The van der Waals surface area contributed by atoms with Crippen molar-refractivity contribution < 1.29 is 19.0 Å². The fourth-order valence-electron chi connectivity index (χ4n) is 1.66. The quantitative estimate of drug-likeness (QED) is 0.830. The number of ether oxygens (including phenoxy) is 3. The van der Waals surface area contributed by atoms with E-state index in [0.717, 1.165) is 0 Å². The van der Waals surface area contributed by atoms with E-state index in [0.29, 0.717) is 22.8 Å². The molecule has 1 aliphatic rings. The largest absolute Gasteiger partial charge is 0.494 e. The van der Waals surface area contributed by atoms with E-state index in [2.05, 4.69) is 0 Å². The number of halogens is 1. The van der Waals surface area contributed by atoms with E-state index in [9.17, 15) is 4.79 Å². The molecule has 2 N–H and O–H groups in total. The number of Topliss-reactive ketones (excluding diaryl/α,β-unsaturated/α-hetero) is 1. The van der Waals surface area contributed by atoms with Gasteiger partial charge >= 0.3 is 0 Å². The molecule has 6 heteroatoms. The minimum Gasteiger partial charge on any atom is -0.494 e. The first kappa shape index (κ1) is 12.0. The van der Waals surface area contributed by atoms with Crippen molar-refractivity contribution in [2.75, 3.05) is 20.4 Å². The zero-order valence-electron chi connectivity index (χ0n) is 9.29. The van der Waals surface area contributed by atoms with Gasteiger partial charge < -0.3 is 19.9 Å². The summed E-state index contributed by atoms with van der Waals surface area (Å²) in [7, 11) is 1.45. The number of carbonyl (C=O) groups excluding carboxylic acids is 1. The second kappa shape index (κ2) is 4.81. The number of benzene rings is 1. The Hall–Kier alpha value is -1.46. The standard InChI is InChI=1S/C11H12ClNO4/c1-15-10-6(7(14)2-3-13)4-8-11(9(10)12)17-5-16-8/h4H,2-3,5,13H2,1H3. The van der Waals surface area contributed by atoms with Crippen LogP contribution in [-0.4, -0.2) is 26.2 Å². The second-order valence-electron chi connectivity index (χ2n) is 3.47. The van der Waals surface area contributed by atoms with Gasteiger partial charge in [-0.05, 0) is 12.6 Å². The Morgan fingerprint density at radius 1 is 1.59 bits per heavy atom. The minimum atomic E-state index is -0.135. The van der Waals surface area contributed by atoms with Gasteiger partial charge in [0.2, 0.25) is 6.79 Å². The van der Waals surface area contributed by atoms with Crippen molar-refractivity contribution in [3.8, 4) is 17.2 Å². The molecule has 1 aliphatic heterocycles. The van der Waals surface area contributed by atoms with E-state index in [4.69, 9.17) is 31.5 Å². The molecule has 0 bridgehead atoms. The highest BCUT2D eigenvalue weighted by molar-refractivity contribution is 6.34. The van der Waals surface area contributed by atoms with Gasteiger partial charge in [-0.3, -0.25) is 4.79 Å². The van der Waals surface area contributed by atoms with Crippen molar-refractivity contribution in [2.45, 2.75) is 6.42 Å². The van der Waals surface area contributed by atoms with Gasteiger partial charge in [-0.15, -0.1) is 0 Å². The fraction of sp³-hybridized carbons (Fsp3) is 0.364. The van der Waals surface area contributed by atoms with Crippen LogP contribution in [0.4, 0.5) is 0 Å². The Labute approximate surface area is 103 Å². The molecule has 1 heterocycles. The van der Waals surface area contributed by atoms with Crippen LogP contribution in [0.5, 0.6) is 17.2 Å².